The first-order valence-corrected chi connectivity index (χ1v) is 6.11. The molecule has 0 saturated heterocycles. The molecule has 0 fully saturated rings. The summed E-state index contributed by atoms with van der Waals surface area (Å²) in [4.78, 5) is 15.7. The number of amides is 1. The number of aromatic nitrogens is 1. The molecule has 0 unspecified atom stereocenters. The molecule has 3 nitrogen and oxygen atoms in total. The Hall–Kier alpha value is -1.46. The Morgan fingerprint density at radius 2 is 2.11 bits per heavy atom. The van der Waals surface area contributed by atoms with Crippen LogP contribution in [0.25, 0.3) is 0 Å². The predicted octanol–water partition coefficient (Wildman–Crippen LogP) is 3.89. The number of pyridine rings is 1. The van der Waals surface area contributed by atoms with Gasteiger partial charge in [-0.1, -0.05) is 27.5 Å². The van der Waals surface area contributed by atoms with Crippen LogP contribution < -0.4 is 5.32 Å². The zero-order valence-electron chi connectivity index (χ0n) is 8.95. The van der Waals surface area contributed by atoms with Gasteiger partial charge in [0.15, 0.2) is 0 Å². The van der Waals surface area contributed by atoms with Crippen LogP contribution in [0.4, 0.5) is 10.1 Å². The highest BCUT2D eigenvalue weighted by molar-refractivity contribution is 9.10. The molecule has 2 aromatic rings. The van der Waals surface area contributed by atoms with Crippen molar-refractivity contribution in [2.75, 3.05) is 5.32 Å². The summed E-state index contributed by atoms with van der Waals surface area (Å²) >= 11 is 8.95. The molecule has 18 heavy (non-hydrogen) atoms. The monoisotopic (exact) mass is 328 g/mol. The number of nitrogens with zero attached hydrogens (tertiary/aromatic N) is 1. The van der Waals surface area contributed by atoms with E-state index in [9.17, 15) is 9.18 Å². The summed E-state index contributed by atoms with van der Waals surface area (Å²) in [7, 11) is 0. The van der Waals surface area contributed by atoms with Crippen molar-refractivity contribution in [3.05, 3.63) is 57.5 Å². The number of halogens is 3. The van der Waals surface area contributed by atoms with Gasteiger partial charge in [-0.15, -0.1) is 0 Å². The molecule has 6 heteroatoms. The maximum atomic E-state index is 13.4. The molecule has 0 saturated carbocycles. The summed E-state index contributed by atoms with van der Waals surface area (Å²) < 4.78 is 14.1. The van der Waals surface area contributed by atoms with Crippen molar-refractivity contribution in [3.8, 4) is 0 Å². The molecule has 0 spiro atoms. The van der Waals surface area contributed by atoms with Crippen molar-refractivity contribution >= 4 is 39.1 Å². The second-order valence-corrected chi connectivity index (χ2v) is 4.79. The molecular weight excluding hydrogens is 322 g/mol. The molecule has 1 aromatic carbocycles. The lowest BCUT2D eigenvalue weighted by Crippen LogP contribution is -2.14. The fraction of sp³-hybridized carbons (Fsp3) is 0. The molecular formula is C12H7BrClFN2O. The van der Waals surface area contributed by atoms with E-state index < -0.39 is 11.7 Å². The van der Waals surface area contributed by atoms with Crippen LogP contribution in [0.15, 0.2) is 41.0 Å². The lowest BCUT2D eigenvalue weighted by molar-refractivity contribution is 0.102. The Kier molecular flexibility index (Phi) is 3.93. The van der Waals surface area contributed by atoms with Crippen molar-refractivity contribution in [3.63, 3.8) is 0 Å². The number of nitrogens with one attached hydrogen (secondary N) is 1. The van der Waals surface area contributed by atoms with Crippen LogP contribution in [-0.4, -0.2) is 10.9 Å². The maximum Gasteiger partial charge on any atom is 0.274 e. The number of hydrogen-bond donors (Lipinski definition) is 1. The third-order valence-electron chi connectivity index (χ3n) is 2.13. The fourth-order valence-electron chi connectivity index (χ4n) is 1.31. The standard InChI is InChI=1S/C12H7BrClFN2O/c13-7-1-2-9(15)10(5-7)17-12(18)11-6-8(14)3-4-16-11/h1-6H,(H,17,18). The van der Waals surface area contributed by atoms with Gasteiger partial charge < -0.3 is 5.32 Å². The van der Waals surface area contributed by atoms with Gasteiger partial charge in [-0.3, -0.25) is 9.78 Å². The third kappa shape index (κ3) is 3.05. The molecule has 0 radical (unpaired) electrons. The number of carbonyl (C=O) groups excluding carboxylic acids is 1. The average Bonchev–Trinajstić information content (AvgIpc) is 2.34. The summed E-state index contributed by atoms with van der Waals surface area (Å²) in [6, 6.07) is 7.23. The highest BCUT2D eigenvalue weighted by Crippen LogP contribution is 2.20. The van der Waals surface area contributed by atoms with E-state index in [1.165, 1.54) is 24.4 Å². The lowest BCUT2D eigenvalue weighted by Gasteiger charge is -2.06. The molecule has 1 aromatic heterocycles. The third-order valence-corrected chi connectivity index (χ3v) is 2.86. The van der Waals surface area contributed by atoms with Gasteiger partial charge in [-0.2, -0.15) is 0 Å². The summed E-state index contributed by atoms with van der Waals surface area (Å²) in [5.41, 5.74) is 0.207. The van der Waals surface area contributed by atoms with Crippen molar-refractivity contribution < 1.29 is 9.18 Å². The minimum Gasteiger partial charge on any atom is -0.318 e. The Labute approximate surface area is 116 Å². The quantitative estimate of drug-likeness (QED) is 0.908. The molecule has 0 aliphatic carbocycles. The van der Waals surface area contributed by atoms with E-state index in [-0.39, 0.29) is 11.4 Å². The van der Waals surface area contributed by atoms with E-state index in [0.717, 1.165) is 0 Å². The number of carbonyl (C=O) groups is 1. The van der Waals surface area contributed by atoms with E-state index in [1.54, 1.807) is 12.1 Å². The molecule has 0 atom stereocenters. The second-order valence-electron chi connectivity index (χ2n) is 3.44. The Bertz CT molecular complexity index is 606. The van der Waals surface area contributed by atoms with Crippen LogP contribution in [0.3, 0.4) is 0 Å². The smallest absolute Gasteiger partial charge is 0.274 e. The average molecular weight is 330 g/mol. The summed E-state index contributed by atoms with van der Waals surface area (Å²) in [6.45, 7) is 0. The van der Waals surface area contributed by atoms with Gasteiger partial charge >= 0.3 is 0 Å². The van der Waals surface area contributed by atoms with Gasteiger partial charge in [0.2, 0.25) is 0 Å². The molecule has 2 rings (SSSR count). The second kappa shape index (κ2) is 5.46. The van der Waals surface area contributed by atoms with E-state index in [4.69, 9.17) is 11.6 Å². The largest absolute Gasteiger partial charge is 0.318 e. The Morgan fingerprint density at radius 3 is 2.83 bits per heavy atom. The number of anilines is 1. The van der Waals surface area contributed by atoms with E-state index in [2.05, 4.69) is 26.2 Å². The molecule has 1 heterocycles. The Morgan fingerprint density at radius 1 is 1.33 bits per heavy atom. The first-order valence-electron chi connectivity index (χ1n) is 4.94. The molecule has 1 amide bonds. The first-order chi connectivity index (χ1) is 8.56. The minimum absolute atomic E-state index is 0.0798. The number of rotatable bonds is 2. The van der Waals surface area contributed by atoms with Crippen molar-refractivity contribution in [1.82, 2.24) is 4.98 Å². The Balaban J connectivity index is 2.24. The van der Waals surface area contributed by atoms with Crippen LogP contribution in [0.1, 0.15) is 10.5 Å². The first kappa shape index (κ1) is 13.0. The summed E-state index contributed by atoms with van der Waals surface area (Å²) in [6.07, 6.45) is 1.41. The molecule has 1 N–H and O–H groups in total. The highest BCUT2D eigenvalue weighted by atomic mass is 79.9. The highest BCUT2D eigenvalue weighted by Gasteiger charge is 2.11. The van der Waals surface area contributed by atoms with Gasteiger partial charge in [-0.25, -0.2) is 4.39 Å². The van der Waals surface area contributed by atoms with E-state index in [1.807, 2.05) is 0 Å². The van der Waals surface area contributed by atoms with Crippen LogP contribution in [0.2, 0.25) is 5.02 Å². The van der Waals surface area contributed by atoms with Crippen LogP contribution in [-0.2, 0) is 0 Å². The number of hydrogen-bond acceptors (Lipinski definition) is 2. The predicted molar refractivity (Wildman–Crippen MR) is 71.3 cm³/mol. The summed E-state index contributed by atoms with van der Waals surface area (Å²) in [5, 5.41) is 2.82. The maximum absolute atomic E-state index is 13.4. The lowest BCUT2D eigenvalue weighted by atomic mass is 10.3. The fourth-order valence-corrected chi connectivity index (χ4v) is 1.83. The van der Waals surface area contributed by atoms with Crippen LogP contribution in [0, 0.1) is 5.82 Å². The van der Waals surface area contributed by atoms with E-state index in [0.29, 0.717) is 9.50 Å². The van der Waals surface area contributed by atoms with Gasteiger partial charge in [-0.05, 0) is 30.3 Å². The van der Waals surface area contributed by atoms with Crippen molar-refractivity contribution in [2.24, 2.45) is 0 Å². The summed E-state index contributed by atoms with van der Waals surface area (Å²) in [5.74, 6) is -1.04. The van der Waals surface area contributed by atoms with Crippen LogP contribution in [0.5, 0.6) is 0 Å². The van der Waals surface area contributed by atoms with Gasteiger partial charge in [0, 0.05) is 15.7 Å². The SMILES string of the molecule is O=C(Nc1cc(Br)ccc1F)c1cc(Cl)ccn1. The normalized spacial score (nSPS) is 10.2. The van der Waals surface area contributed by atoms with Gasteiger partial charge in [0.05, 0.1) is 5.69 Å². The van der Waals surface area contributed by atoms with Gasteiger partial charge in [0.1, 0.15) is 11.5 Å². The van der Waals surface area contributed by atoms with E-state index >= 15 is 0 Å². The molecule has 0 aliphatic heterocycles. The van der Waals surface area contributed by atoms with Crippen molar-refractivity contribution in [2.45, 2.75) is 0 Å². The molecule has 0 aliphatic rings. The van der Waals surface area contributed by atoms with Crippen LogP contribution >= 0.6 is 27.5 Å². The molecule has 92 valence electrons. The molecule has 0 bridgehead atoms. The topological polar surface area (TPSA) is 42.0 Å². The zero-order valence-corrected chi connectivity index (χ0v) is 11.3. The minimum atomic E-state index is -0.520. The van der Waals surface area contributed by atoms with Gasteiger partial charge in [0.25, 0.3) is 5.91 Å². The van der Waals surface area contributed by atoms with Crippen molar-refractivity contribution in [1.29, 1.82) is 0 Å². The zero-order chi connectivity index (χ0) is 13.1. The number of benzene rings is 1.